The van der Waals surface area contributed by atoms with Crippen molar-refractivity contribution < 1.29 is 9.49 Å². The van der Waals surface area contributed by atoms with Crippen LogP contribution in [0.25, 0.3) is 0 Å². The van der Waals surface area contributed by atoms with E-state index in [0.29, 0.717) is 6.54 Å². The molecule has 2 aromatic heterocycles. The first-order valence-electron chi connectivity index (χ1n) is 4.42. The van der Waals surface area contributed by atoms with Crippen molar-refractivity contribution in [1.29, 1.82) is 0 Å². The van der Waals surface area contributed by atoms with Gasteiger partial charge in [-0.2, -0.15) is 0 Å². The van der Waals surface area contributed by atoms with E-state index in [-0.39, 0.29) is 9.92 Å². The van der Waals surface area contributed by atoms with Gasteiger partial charge < -0.3 is 0 Å². The Kier molecular flexibility index (Phi) is 2.73. The molecule has 0 radical (unpaired) electrons. The van der Waals surface area contributed by atoms with E-state index in [1.165, 1.54) is 0 Å². The zero-order valence-electron chi connectivity index (χ0n) is 7.87. The SMILES string of the molecule is O=[N+]([O-])c1sccc1C[n+]1ccccc1. The van der Waals surface area contributed by atoms with E-state index in [1.54, 1.807) is 11.4 Å². The third-order valence-corrected chi connectivity index (χ3v) is 2.93. The average molecular weight is 221 g/mol. The summed E-state index contributed by atoms with van der Waals surface area (Å²) in [7, 11) is 0. The minimum Gasteiger partial charge on any atom is -0.258 e. The molecule has 0 N–H and O–H groups in total. The molecule has 4 nitrogen and oxygen atoms in total. The highest BCUT2D eigenvalue weighted by molar-refractivity contribution is 7.13. The fourth-order valence-electron chi connectivity index (χ4n) is 1.34. The second-order valence-electron chi connectivity index (χ2n) is 3.06. The van der Waals surface area contributed by atoms with Crippen molar-refractivity contribution in [1.82, 2.24) is 0 Å². The third-order valence-electron chi connectivity index (χ3n) is 2.02. The molecule has 15 heavy (non-hydrogen) atoms. The number of pyridine rings is 1. The van der Waals surface area contributed by atoms with Gasteiger partial charge in [0.1, 0.15) is 5.56 Å². The number of aromatic nitrogens is 1. The molecule has 5 heteroatoms. The van der Waals surface area contributed by atoms with Crippen molar-refractivity contribution >= 4 is 16.3 Å². The summed E-state index contributed by atoms with van der Waals surface area (Å²) in [5.74, 6) is 0. The van der Waals surface area contributed by atoms with Crippen LogP contribution < -0.4 is 4.57 Å². The van der Waals surface area contributed by atoms with E-state index in [1.807, 2.05) is 35.2 Å². The van der Waals surface area contributed by atoms with Gasteiger partial charge in [0.05, 0.1) is 4.92 Å². The molecule has 0 bridgehead atoms. The van der Waals surface area contributed by atoms with Crippen LogP contribution in [0.4, 0.5) is 5.00 Å². The predicted molar refractivity (Wildman–Crippen MR) is 56.7 cm³/mol. The fraction of sp³-hybridized carbons (Fsp3) is 0.100. The highest BCUT2D eigenvalue weighted by Gasteiger charge is 2.18. The number of thiophene rings is 1. The van der Waals surface area contributed by atoms with Gasteiger partial charge in [-0.05, 0) is 11.4 Å². The van der Waals surface area contributed by atoms with Crippen LogP contribution in [0.3, 0.4) is 0 Å². The average Bonchev–Trinajstić information content (AvgIpc) is 2.67. The van der Waals surface area contributed by atoms with Gasteiger partial charge in [-0.1, -0.05) is 17.4 Å². The number of hydrogen-bond donors (Lipinski definition) is 0. The number of nitro groups is 1. The van der Waals surface area contributed by atoms with Crippen LogP contribution in [0.2, 0.25) is 0 Å². The van der Waals surface area contributed by atoms with Crippen LogP contribution in [0.15, 0.2) is 42.0 Å². The Balaban J connectivity index is 2.25. The lowest BCUT2D eigenvalue weighted by Gasteiger charge is -1.93. The molecule has 0 aromatic carbocycles. The second-order valence-corrected chi connectivity index (χ2v) is 3.95. The summed E-state index contributed by atoms with van der Waals surface area (Å²) in [4.78, 5) is 10.3. The zero-order valence-corrected chi connectivity index (χ0v) is 8.68. The Hall–Kier alpha value is -1.75. The molecule has 76 valence electrons. The lowest BCUT2D eigenvalue weighted by molar-refractivity contribution is -0.688. The quantitative estimate of drug-likeness (QED) is 0.452. The first kappa shape index (κ1) is 9.79. The van der Waals surface area contributed by atoms with Crippen LogP contribution in [-0.2, 0) is 6.54 Å². The first-order valence-corrected chi connectivity index (χ1v) is 5.30. The summed E-state index contributed by atoms with van der Waals surface area (Å²) in [6, 6.07) is 7.51. The summed E-state index contributed by atoms with van der Waals surface area (Å²) in [5.41, 5.74) is 0.751. The Morgan fingerprint density at radius 3 is 2.73 bits per heavy atom. The van der Waals surface area contributed by atoms with Crippen molar-refractivity contribution in [3.8, 4) is 0 Å². The van der Waals surface area contributed by atoms with E-state index in [9.17, 15) is 10.1 Å². The molecule has 2 rings (SSSR count). The van der Waals surface area contributed by atoms with Crippen LogP contribution in [0.1, 0.15) is 5.56 Å². The molecule has 2 aromatic rings. The minimum absolute atomic E-state index is 0.228. The maximum atomic E-state index is 10.7. The first-order chi connectivity index (χ1) is 7.27. The maximum Gasteiger partial charge on any atom is 0.333 e. The summed E-state index contributed by atoms with van der Waals surface area (Å²) >= 11 is 1.16. The van der Waals surface area contributed by atoms with Crippen molar-refractivity contribution in [3.63, 3.8) is 0 Å². The summed E-state index contributed by atoms with van der Waals surface area (Å²) < 4.78 is 1.91. The van der Waals surface area contributed by atoms with E-state index >= 15 is 0 Å². The van der Waals surface area contributed by atoms with Gasteiger partial charge in [0.25, 0.3) is 0 Å². The van der Waals surface area contributed by atoms with Gasteiger partial charge >= 0.3 is 5.00 Å². The monoisotopic (exact) mass is 221 g/mol. The van der Waals surface area contributed by atoms with E-state index in [0.717, 1.165) is 16.9 Å². The predicted octanol–water partition coefficient (Wildman–Crippen LogP) is 1.99. The van der Waals surface area contributed by atoms with Gasteiger partial charge in [-0.25, -0.2) is 4.57 Å². The standard InChI is InChI=1S/C10H9N2O2S/c13-12(14)10-9(4-7-15-10)8-11-5-2-1-3-6-11/h1-7H,8H2/q+1. The van der Waals surface area contributed by atoms with Crippen LogP contribution in [0.5, 0.6) is 0 Å². The Morgan fingerprint density at radius 2 is 2.07 bits per heavy atom. The number of hydrogen-bond acceptors (Lipinski definition) is 3. The molecule has 0 saturated heterocycles. The molecule has 0 aliphatic rings. The van der Waals surface area contributed by atoms with Crippen molar-refractivity contribution in [3.05, 3.63) is 57.7 Å². The second kappa shape index (κ2) is 4.18. The van der Waals surface area contributed by atoms with Gasteiger partial charge in [0.15, 0.2) is 18.9 Å². The summed E-state index contributed by atoms with van der Waals surface area (Å²) in [5, 5.41) is 12.7. The Morgan fingerprint density at radius 1 is 1.33 bits per heavy atom. The lowest BCUT2D eigenvalue weighted by atomic mass is 10.3. The Labute approximate surface area is 90.6 Å². The summed E-state index contributed by atoms with van der Waals surface area (Å²) in [6.45, 7) is 0.542. The molecular formula is C10H9N2O2S+. The third kappa shape index (κ3) is 2.19. The minimum atomic E-state index is -0.330. The van der Waals surface area contributed by atoms with E-state index < -0.39 is 0 Å². The number of nitrogens with zero attached hydrogens (tertiary/aromatic N) is 2. The smallest absolute Gasteiger partial charge is 0.258 e. The topological polar surface area (TPSA) is 47.0 Å². The molecule has 0 fully saturated rings. The van der Waals surface area contributed by atoms with Gasteiger partial charge in [0.2, 0.25) is 0 Å². The molecule has 2 heterocycles. The maximum absolute atomic E-state index is 10.7. The molecule has 0 unspecified atom stereocenters. The Bertz CT molecular complexity index is 467. The highest BCUT2D eigenvalue weighted by Crippen LogP contribution is 2.24. The van der Waals surface area contributed by atoms with Crippen molar-refractivity contribution in [2.45, 2.75) is 6.54 Å². The molecule has 0 saturated carbocycles. The molecule has 0 aliphatic heterocycles. The van der Waals surface area contributed by atoms with Crippen LogP contribution >= 0.6 is 11.3 Å². The van der Waals surface area contributed by atoms with Crippen molar-refractivity contribution in [2.75, 3.05) is 0 Å². The zero-order chi connectivity index (χ0) is 10.7. The van der Waals surface area contributed by atoms with Gasteiger partial charge in [0, 0.05) is 12.1 Å². The molecule has 0 amide bonds. The molecule has 0 spiro atoms. The molecular weight excluding hydrogens is 212 g/mol. The number of rotatable bonds is 3. The van der Waals surface area contributed by atoms with E-state index in [4.69, 9.17) is 0 Å². The normalized spacial score (nSPS) is 10.1. The lowest BCUT2D eigenvalue weighted by Crippen LogP contribution is -2.32. The molecule has 0 aliphatic carbocycles. The van der Waals surface area contributed by atoms with Crippen LogP contribution in [-0.4, -0.2) is 4.92 Å². The van der Waals surface area contributed by atoms with Gasteiger partial charge in [-0.3, -0.25) is 10.1 Å². The summed E-state index contributed by atoms with van der Waals surface area (Å²) in [6.07, 6.45) is 3.78. The molecule has 0 atom stereocenters. The van der Waals surface area contributed by atoms with Crippen LogP contribution in [0, 0.1) is 10.1 Å². The van der Waals surface area contributed by atoms with Gasteiger partial charge in [-0.15, -0.1) is 0 Å². The highest BCUT2D eigenvalue weighted by atomic mass is 32.1. The largest absolute Gasteiger partial charge is 0.333 e. The van der Waals surface area contributed by atoms with E-state index in [2.05, 4.69) is 0 Å². The fourth-order valence-corrected chi connectivity index (χ4v) is 2.08. The van der Waals surface area contributed by atoms with Crippen molar-refractivity contribution in [2.24, 2.45) is 0 Å².